The van der Waals surface area contributed by atoms with Crippen molar-refractivity contribution in [3.63, 3.8) is 0 Å². The molecular weight excluding hydrogens is 276 g/mol. The Hall–Kier alpha value is -2.15. The van der Waals surface area contributed by atoms with Crippen LogP contribution in [0.3, 0.4) is 0 Å². The minimum absolute atomic E-state index is 0.282. The molecule has 20 heavy (non-hydrogen) atoms. The van der Waals surface area contributed by atoms with E-state index in [2.05, 4.69) is 15.3 Å². The first-order chi connectivity index (χ1) is 9.67. The van der Waals surface area contributed by atoms with Crippen molar-refractivity contribution < 1.29 is 4.74 Å². The van der Waals surface area contributed by atoms with Gasteiger partial charge in [0.1, 0.15) is 11.4 Å². The van der Waals surface area contributed by atoms with Crippen LogP contribution in [0.15, 0.2) is 39.3 Å². The zero-order valence-electron chi connectivity index (χ0n) is 11.4. The maximum Gasteiger partial charge on any atom is 0.296 e. The third-order valence-electron chi connectivity index (χ3n) is 2.60. The first-order valence-electron chi connectivity index (χ1n) is 5.85. The second-order valence-electron chi connectivity index (χ2n) is 3.88. The van der Waals surface area contributed by atoms with Crippen molar-refractivity contribution >= 4 is 18.0 Å². The topological polar surface area (TPSA) is 69.4 Å². The van der Waals surface area contributed by atoms with Gasteiger partial charge in [0.2, 0.25) is 5.16 Å². The van der Waals surface area contributed by atoms with Crippen LogP contribution < -0.4 is 10.3 Å². The number of benzene rings is 1. The third kappa shape index (κ3) is 2.88. The van der Waals surface area contributed by atoms with Crippen LogP contribution in [0.1, 0.15) is 11.3 Å². The molecule has 0 aliphatic heterocycles. The van der Waals surface area contributed by atoms with Gasteiger partial charge >= 0.3 is 0 Å². The molecule has 2 aromatic rings. The van der Waals surface area contributed by atoms with Crippen molar-refractivity contribution in [2.75, 3.05) is 13.4 Å². The van der Waals surface area contributed by atoms with Gasteiger partial charge in [-0.05, 0) is 25.3 Å². The van der Waals surface area contributed by atoms with Crippen molar-refractivity contribution in [2.45, 2.75) is 12.1 Å². The van der Waals surface area contributed by atoms with Crippen LogP contribution in [0, 0.1) is 6.92 Å². The van der Waals surface area contributed by atoms with E-state index in [1.54, 1.807) is 20.2 Å². The molecule has 0 radical (unpaired) electrons. The van der Waals surface area contributed by atoms with Crippen molar-refractivity contribution in [3.8, 4) is 5.75 Å². The Morgan fingerprint density at radius 1 is 1.35 bits per heavy atom. The predicted octanol–water partition coefficient (Wildman–Crippen LogP) is 1.56. The summed E-state index contributed by atoms with van der Waals surface area (Å²) < 4.78 is 6.47. The summed E-state index contributed by atoms with van der Waals surface area (Å²) in [7, 11) is 1.59. The normalized spacial score (nSPS) is 10.9. The van der Waals surface area contributed by atoms with Gasteiger partial charge in [-0.2, -0.15) is 9.78 Å². The van der Waals surface area contributed by atoms with Crippen molar-refractivity contribution in [2.24, 2.45) is 5.10 Å². The van der Waals surface area contributed by atoms with Gasteiger partial charge in [0.15, 0.2) is 0 Å². The maximum absolute atomic E-state index is 12.0. The average Bonchev–Trinajstić information content (AvgIpc) is 2.49. The van der Waals surface area contributed by atoms with Gasteiger partial charge in [-0.1, -0.05) is 23.9 Å². The van der Waals surface area contributed by atoms with Crippen LogP contribution in [0.25, 0.3) is 0 Å². The van der Waals surface area contributed by atoms with E-state index in [-0.39, 0.29) is 5.56 Å². The fourth-order valence-corrected chi connectivity index (χ4v) is 1.99. The Labute approximate surface area is 120 Å². The molecule has 0 bridgehead atoms. The molecule has 0 atom stereocenters. The quantitative estimate of drug-likeness (QED) is 0.631. The molecule has 0 amide bonds. The summed E-state index contributed by atoms with van der Waals surface area (Å²) in [6.45, 7) is 1.61. The van der Waals surface area contributed by atoms with Gasteiger partial charge < -0.3 is 4.74 Å². The smallest absolute Gasteiger partial charge is 0.296 e. The lowest BCUT2D eigenvalue weighted by Gasteiger charge is -2.05. The lowest BCUT2D eigenvalue weighted by atomic mass is 10.2. The predicted molar refractivity (Wildman–Crippen MR) is 78.8 cm³/mol. The van der Waals surface area contributed by atoms with E-state index in [4.69, 9.17) is 4.74 Å². The molecule has 2 rings (SSSR count). The molecule has 6 nitrogen and oxygen atoms in total. The van der Waals surface area contributed by atoms with E-state index >= 15 is 0 Å². The van der Waals surface area contributed by atoms with Gasteiger partial charge in [0.05, 0.1) is 13.3 Å². The number of rotatable bonds is 4. The Kier molecular flexibility index (Phi) is 4.52. The van der Waals surface area contributed by atoms with Gasteiger partial charge in [-0.3, -0.25) is 4.79 Å². The second kappa shape index (κ2) is 6.33. The molecule has 104 valence electrons. The van der Waals surface area contributed by atoms with Crippen LogP contribution in [0.4, 0.5) is 0 Å². The Bertz CT molecular complexity index is 697. The maximum atomic E-state index is 12.0. The van der Waals surface area contributed by atoms with E-state index in [0.29, 0.717) is 16.6 Å². The van der Waals surface area contributed by atoms with Crippen molar-refractivity contribution in [1.82, 2.24) is 14.9 Å². The molecule has 0 saturated carbocycles. The first-order valence-corrected chi connectivity index (χ1v) is 7.07. The number of para-hydroxylation sites is 1. The van der Waals surface area contributed by atoms with E-state index in [0.717, 1.165) is 5.56 Å². The first kappa shape index (κ1) is 14.3. The zero-order chi connectivity index (χ0) is 14.5. The summed E-state index contributed by atoms with van der Waals surface area (Å²) >= 11 is 1.31. The average molecular weight is 290 g/mol. The fraction of sp³-hybridized carbons (Fsp3) is 0.231. The molecule has 0 spiro atoms. The number of aryl methyl sites for hydroxylation is 1. The van der Waals surface area contributed by atoms with E-state index in [1.807, 2.05) is 30.5 Å². The molecule has 1 heterocycles. The minimum Gasteiger partial charge on any atom is -0.496 e. The monoisotopic (exact) mass is 290 g/mol. The van der Waals surface area contributed by atoms with Crippen LogP contribution in [-0.4, -0.2) is 34.5 Å². The molecule has 0 unspecified atom stereocenters. The highest BCUT2D eigenvalue weighted by molar-refractivity contribution is 7.98. The fourth-order valence-electron chi connectivity index (χ4n) is 1.57. The van der Waals surface area contributed by atoms with Crippen LogP contribution >= 0.6 is 11.8 Å². The number of methoxy groups -OCH3 is 1. The van der Waals surface area contributed by atoms with Gasteiger partial charge in [0, 0.05) is 5.56 Å². The molecule has 1 aromatic carbocycles. The highest BCUT2D eigenvalue weighted by Crippen LogP contribution is 2.15. The van der Waals surface area contributed by atoms with E-state index < -0.39 is 0 Å². The Balaban J connectivity index is 2.46. The number of thioether (sulfide) groups is 1. The van der Waals surface area contributed by atoms with Crippen LogP contribution in [-0.2, 0) is 0 Å². The summed E-state index contributed by atoms with van der Waals surface area (Å²) in [5.41, 5.74) is 0.805. The van der Waals surface area contributed by atoms with Gasteiger partial charge in [0.25, 0.3) is 5.56 Å². The Morgan fingerprint density at radius 2 is 2.10 bits per heavy atom. The summed E-state index contributed by atoms with van der Waals surface area (Å²) in [6.07, 6.45) is 3.38. The van der Waals surface area contributed by atoms with Crippen molar-refractivity contribution in [1.29, 1.82) is 0 Å². The number of aromatic nitrogens is 3. The standard InChI is InChI=1S/C13H14N4O2S/c1-9-12(18)17(13(20-3)16-15-9)14-8-10-6-4-5-7-11(10)19-2/h4-8H,1-3H3/b14-8+. The molecule has 0 aliphatic carbocycles. The highest BCUT2D eigenvalue weighted by Gasteiger charge is 2.07. The van der Waals surface area contributed by atoms with E-state index in [9.17, 15) is 4.79 Å². The van der Waals surface area contributed by atoms with E-state index in [1.165, 1.54) is 16.4 Å². The number of hydrogen-bond donors (Lipinski definition) is 0. The molecule has 1 aromatic heterocycles. The Morgan fingerprint density at radius 3 is 2.80 bits per heavy atom. The third-order valence-corrected chi connectivity index (χ3v) is 3.22. The number of nitrogens with zero attached hydrogens (tertiary/aromatic N) is 4. The molecule has 0 saturated heterocycles. The van der Waals surface area contributed by atoms with Crippen LogP contribution in [0.2, 0.25) is 0 Å². The second-order valence-corrected chi connectivity index (χ2v) is 4.65. The highest BCUT2D eigenvalue weighted by atomic mass is 32.2. The zero-order valence-corrected chi connectivity index (χ0v) is 12.2. The van der Waals surface area contributed by atoms with Gasteiger partial charge in [-0.25, -0.2) is 0 Å². The molecule has 0 N–H and O–H groups in total. The van der Waals surface area contributed by atoms with Crippen molar-refractivity contribution in [3.05, 3.63) is 45.9 Å². The summed E-state index contributed by atoms with van der Waals surface area (Å²) in [5.74, 6) is 0.689. The number of hydrogen-bond acceptors (Lipinski definition) is 6. The van der Waals surface area contributed by atoms with Gasteiger partial charge in [-0.15, -0.1) is 10.2 Å². The SMILES string of the molecule is COc1ccccc1/C=N/n1c(SC)nnc(C)c1=O. The summed E-state index contributed by atoms with van der Waals surface area (Å²) in [4.78, 5) is 12.0. The summed E-state index contributed by atoms with van der Waals surface area (Å²) in [6, 6.07) is 7.43. The summed E-state index contributed by atoms with van der Waals surface area (Å²) in [5, 5.41) is 12.4. The molecule has 0 aliphatic rings. The van der Waals surface area contributed by atoms with Crippen LogP contribution in [0.5, 0.6) is 5.75 Å². The number of ether oxygens (including phenoxy) is 1. The lowest BCUT2D eigenvalue weighted by molar-refractivity contribution is 0.414. The molecular formula is C13H14N4O2S. The lowest BCUT2D eigenvalue weighted by Crippen LogP contribution is -2.23. The minimum atomic E-state index is -0.282. The molecule has 0 fully saturated rings. The largest absolute Gasteiger partial charge is 0.496 e. The molecule has 7 heteroatoms.